The average Bonchev–Trinajstić information content (AvgIpc) is 2.95. The molecule has 0 spiro atoms. The Labute approximate surface area is 141 Å². The Morgan fingerprint density at radius 1 is 1.17 bits per heavy atom. The normalized spacial score (nSPS) is 11.0. The number of nitrogens with zero attached hydrogens (tertiary/aromatic N) is 3. The maximum Gasteiger partial charge on any atom is 0.239 e. The first-order valence-electron chi connectivity index (χ1n) is 8.20. The molecule has 0 radical (unpaired) electrons. The molecule has 3 heterocycles. The fourth-order valence-electron chi connectivity index (χ4n) is 3.03. The summed E-state index contributed by atoms with van der Waals surface area (Å²) in [5.74, 6) is 0.0207. The second-order valence-corrected chi connectivity index (χ2v) is 5.96. The molecule has 24 heavy (non-hydrogen) atoms. The van der Waals surface area contributed by atoms with E-state index in [4.69, 9.17) is 0 Å². The number of rotatable bonds is 5. The van der Waals surface area contributed by atoms with Crippen molar-refractivity contribution in [2.24, 2.45) is 0 Å². The number of hydrogen-bond donors (Lipinski definition) is 1. The summed E-state index contributed by atoms with van der Waals surface area (Å²) in [4.78, 5) is 20.8. The molecule has 3 aromatic heterocycles. The Hall–Kier alpha value is -2.69. The van der Waals surface area contributed by atoms with Gasteiger partial charge in [-0.25, -0.2) is 0 Å². The lowest BCUT2D eigenvalue weighted by Gasteiger charge is -2.10. The van der Waals surface area contributed by atoms with Gasteiger partial charge in [0.05, 0.1) is 11.2 Å². The number of aromatic nitrogens is 3. The van der Waals surface area contributed by atoms with E-state index in [1.807, 2.05) is 55.2 Å². The van der Waals surface area contributed by atoms with Crippen LogP contribution in [0.25, 0.3) is 10.9 Å². The molecule has 124 valence electrons. The van der Waals surface area contributed by atoms with E-state index in [9.17, 15) is 4.79 Å². The highest BCUT2D eigenvalue weighted by atomic mass is 16.1. The van der Waals surface area contributed by atoms with E-state index in [2.05, 4.69) is 22.2 Å². The monoisotopic (exact) mass is 322 g/mol. The molecule has 0 aliphatic rings. The van der Waals surface area contributed by atoms with E-state index in [1.54, 1.807) is 0 Å². The van der Waals surface area contributed by atoms with Gasteiger partial charge in [0.15, 0.2) is 0 Å². The van der Waals surface area contributed by atoms with Gasteiger partial charge in [0, 0.05) is 42.6 Å². The lowest BCUT2D eigenvalue weighted by atomic mass is 10.0. The molecule has 1 amide bonds. The van der Waals surface area contributed by atoms with Crippen molar-refractivity contribution < 1.29 is 4.79 Å². The van der Waals surface area contributed by atoms with Crippen LogP contribution in [0.15, 0.2) is 36.8 Å². The third-order valence-electron chi connectivity index (χ3n) is 4.32. The highest BCUT2D eigenvalue weighted by molar-refractivity contribution is 5.85. The maximum atomic E-state index is 11.9. The third kappa shape index (κ3) is 3.15. The molecule has 0 saturated heterocycles. The number of nitrogens with one attached hydrogen (secondary N) is 1. The number of carbonyl (C=O) groups is 1. The number of likely N-dealkylation sites (N-methyl/N-ethyl adjacent to an activating group) is 1. The van der Waals surface area contributed by atoms with Crippen molar-refractivity contribution in [1.82, 2.24) is 19.9 Å². The summed E-state index contributed by atoms with van der Waals surface area (Å²) in [6.45, 7) is 7.02. The molecule has 0 aliphatic carbocycles. The molecule has 0 aliphatic heterocycles. The Balaban J connectivity index is 1.96. The molecule has 3 rings (SSSR count). The minimum atomic E-state index is 0.0207. The maximum absolute atomic E-state index is 11.9. The molecule has 5 heteroatoms. The SMILES string of the molecule is CCNC(=O)Cn1ccc2c(Cc3c(C)ccnc3C)nccc21. The molecule has 0 unspecified atom stereocenters. The van der Waals surface area contributed by atoms with Crippen molar-refractivity contribution in [2.75, 3.05) is 6.54 Å². The summed E-state index contributed by atoms with van der Waals surface area (Å²) >= 11 is 0. The molecule has 0 aromatic carbocycles. The van der Waals surface area contributed by atoms with Crippen LogP contribution in [0.3, 0.4) is 0 Å². The van der Waals surface area contributed by atoms with Crippen molar-refractivity contribution in [3.63, 3.8) is 0 Å². The lowest BCUT2D eigenvalue weighted by molar-refractivity contribution is -0.121. The molecule has 0 atom stereocenters. The Morgan fingerprint density at radius 2 is 1.96 bits per heavy atom. The summed E-state index contributed by atoms with van der Waals surface area (Å²) < 4.78 is 1.97. The molecule has 1 N–H and O–H groups in total. The van der Waals surface area contributed by atoms with E-state index in [0.29, 0.717) is 13.1 Å². The summed E-state index contributed by atoms with van der Waals surface area (Å²) in [5.41, 5.74) is 5.53. The second kappa shape index (κ2) is 6.83. The van der Waals surface area contributed by atoms with Crippen LogP contribution >= 0.6 is 0 Å². The van der Waals surface area contributed by atoms with Crippen molar-refractivity contribution in [3.8, 4) is 0 Å². The van der Waals surface area contributed by atoms with Gasteiger partial charge in [-0.15, -0.1) is 0 Å². The van der Waals surface area contributed by atoms with Gasteiger partial charge >= 0.3 is 0 Å². The van der Waals surface area contributed by atoms with Crippen LogP contribution in [-0.4, -0.2) is 27.0 Å². The van der Waals surface area contributed by atoms with Gasteiger partial charge in [-0.1, -0.05) is 0 Å². The number of hydrogen-bond acceptors (Lipinski definition) is 3. The van der Waals surface area contributed by atoms with Gasteiger partial charge in [-0.2, -0.15) is 0 Å². The zero-order valence-electron chi connectivity index (χ0n) is 14.3. The van der Waals surface area contributed by atoms with E-state index in [-0.39, 0.29) is 5.91 Å². The summed E-state index contributed by atoms with van der Waals surface area (Å²) in [5, 5.41) is 3.92. The Bertz CT molecular complexity index is 862. The van der Waals surface area contributed by atoms with Crippen LogP contribution in [0.5, 0.6) is 0 Å². The molecule has 5 nitrogen and oxygen atoms in total. The molecule has 0 bridgehead atoms. The van der Waals surface area contributed by atoms with Crippen molar-refractivity contribution in [3.05, 3.63) is 59.3 Å². The number of carbonyl (C=O) groups excluding carboxylic acids is 1. The van der Waals surface area contributed by atoms with E-state index < -0.39 is 0 Å². The van der Waals surface area contributed by atoms with Gasteiger partial charge < -0.3 is 9.88 Å². The fourth-order valence-corrected chi connectivity index (χ4v) is 3.03. The van der Waals surface area contributed by atoms with E-state index in [1.165, 1.54) is 11.1 Å². The summed E-state index contributed by atoms with van der Waals surface area (Å²) in [6.07, 6.45) is 6.35. The largest absolute Gasteiger partial charge is 0.355 e. The quantitative estimate of drug-likeness (QED) is 0.786. The number of amides is 1. The predicted molar refractivity (Wildman–Crippen MR) is 94.9 cm³/mol. The molecular weight excluding hydrogens is 300 g/mol. The molecule has 3 aromatic rings. The zero-order chi connectivity index (χ0) is 17.1. The van der Waals surface area contributed by atoms with Crippen LogP contribution in [-0.2, 0) is 17.8 Å². The van der Waals surface area contributed by atoms with E-state index in [0.717, 1.165) is 28.7 Å². The standard InChI is InChI=1S/C19H22N4O/c1-4-20-19(24)12-23-10-7-15-17(22-9-6-18(15)23)11-16-13(2)5-8-21-14(16)3/h5-10H,4,11-12H2,1-3H3,(H,20,24). The smallest absolute Gasteiger partial charge is 0.239 e. The van der Waals surface area contributed by atoms with Crippen LogP contribution < -0.4 is 5.32 Å². The summed E-state index contributed by atoms with van der Waals surface area (Å²) in [7, 11) is 0. The first-order chi connectivity index (χ1) is 11.6. The van der Waals surface area contributed by atoms with Crippen LogP contribution in [0.4, 0.5) is 0 Å². The van der Waals surface area contributed by atoms with Gasteiger partial charge in [0.2, 0.25) is 5.91 Å². The van der Waals surface area contributed by atoms with Gasteiger partial charge in [0.25, 0.3) is 0 Å². The number of pyridine rings is 2. The number of fused-ring (bicyclic) bond motifs is 1. The van der Waals surface area contributed by atoms with Crippen LogP contribution in [0, 0.1) is 13.8 Å². The van der Waals surface area contributed by atoms with Gasteiger partial charge in [-0.3, -0.25) is 14.8 Å². The van der Waals surface area contributed by atoms with Crippen molar-refractivity contribution in [1.29, 1.82) is 0 Å². The van der Waals surface area contributed by atoms with Gasteiger partial charge in [0.1, 0.15) is 6.54 Å². The second-order valence-electron chi connectivity index (χ2n) is 5.96. The third-order valence-corrected chi connectivity index (χ3v) is 4.32. The highest BCUT2D eigenvalue weighted by Crippen LogP contribution is 2.23. The lowest BCUT2D eigenvalue weighted by Crippen LogP contribution is -2.26. The van der Waals surface area contributed by atoms with Crippen LogP contribution in [0.1, 0.15) is 29.4 Å². The van der Waals surface area contributed by atoms with E-state index >= 15 is 0 Å². The number of aryl methyl sites for hydroxylation is 2. The summed E-state index contributed by atoms with van der Waals surface area (Å²) in [6, 6.07) is 6.03. The fraction of sp³-hybridized carbons (Fsp3) is 0.316. The molecule has 0 saturated carbocycles. The Kier molecular flexibility index (Phi) is 4.60. The molecule has 0 fully saturated rings. The minimum Gasteiger partial charge on any atom is -0.355 e. The van der Waals surface area contributed by atoms with Gasteiger partial charge in [-0.05, 0) is 50.1 Å². The average molecular weight is 322 g/mol. The predicted octanol–water partition coefficient (Wildman–Crippen LogP) is 2.78. The molecular formula is C19H22N4O. The van der Waals surface area contributed by atoms with Crippen molar-refractivity contribution >= 4 is 16.8 Å². The van der Waals surface area contributed by atoms with Crippen molar-refractivity contribution in [2.45, 2.75) is 33.7 Å². The minimum absolute atomic E-state index is 0.0207. The highest BCUT2D eigenvalue weighted by Gasteiger charge is 2.12. The first-order valence-corrected chi connectivity index (χ1v) is 8.20. The Morgan fingerprint density at radius 3 is 2.71 bits per heavy atom. The zero-order valence-corrected chi connectivity index (χ0v) is 14.3. The topological polar surface area (TPSA) is 59.8 Å². The van der Waals surface area contributed by atoms with Crippen LogP contribution in [0.2, 0.25) is 0 Å². The first kappa shape index (κ1) is 16.2.